The summed E-state index contributed by atoms with van der Waals surface area (Å²) < 4.78 is 0. The normalized spacial score (nSPS) is 11.5. The standard InChI is InChI=1S/C7H11N2S/c1-7(2,3)9-6-8-4-5-10-6/h4-5H,1H2,2-3H3,(H,8,9). The fourth-order valence-corrected chi connectivity index (χ4v) is 1.28. The molecule has 1 radical (unpaired) electrons. The van der Waals surface area contributed by atoms with Gasteiger partial charge in [-0.15, -0.1) is 11.3 Å². The molecule has 3 heteroatoms. The first-order valence-electron chi connectivity index (χ1n) is 3.11. The van der Waals surface area contributed by atoms with Crippen molar-refractivity contribution in [3.8, 4) is 0 Å². The molecule has 0 spiro atoms. The van der Waals surface area contributed by atoms with Gasteiger partial charge in [0.15, 0.2) is 5.13 Å². The summed E-state index contributed by atoms with van der Waals surface area (Å²) in [6.45, 7) is 7.92. The summed E-state index contributed by atoms with van der Waals surface area (Å²) >= 11 is 1.59. The molecule has 10 heavy (non-hydrogen) atoms. The Hall–Kier alpha value is -0.570. The van der Waals surface area contributed by atoms with Crippen LogP contribution in [0.1, 0.15) is 13.8 Å². The predicted octanol–water partition coefficient (Wildman–Crippen LogP) is 2.17. The zero-order valence-corrected chi connectivity index (χ0v) is 7.03. The number of rotatable bonds is 2. The van der Waals surface area contributed by atoms with Gasteiger partial charge in [0.25, 0.3) is 0 Å². The Kier molecular flexibility index (Phi) is 1.94. The monoisotopic (exact) mass is 155 g/mol. The highest BCUT2D eigenvalue weighted by Crippen LogP contribution is 2.15. The summed E-state index contributed by atoms with van der Waals surface area (Å²) in [4.78, 5) is 4.07. The van der Waals surface area contributed by atoms with E-state index in [4.69, 9.17) is 0 Å². The van der Waals surface area contributed by atoms with Gasteiger partial charge >= 0.3 is 0 Å². The second-order valence-electron chi connectivity index (χ2n) is 2.85. The zero-order valence-electron chi connectivity index (χ0n) is 6.22. The molecule has 0 aliphatic rings. The van der Waals surface area contributed by atoms with E-state index in [2.05, 4.69) is 17.2 Å². The third-order valence-corrected chi connectivity index (χ3v) is 1.57. The van der Waals surface area contributed by atoms with Crippen molar-refractivity contribution in [2.24, 2.45) is 0 Å². The van der Waals surface area contributed by atoms with Crippen LogP contribution in [0.3, 0.4) is 0 Å². The van der Waals surface area contributed by atoms with Gasteiger partial charge in [0.05, 0.1) is 0 Å². The van der Waals surface area contributed by atoms with Crippen molar-refractivity contribution in [1.29, 1.82) is 0 Å². The first-order chi connectivity index (χ1) is 4.58. The van der Waals surface area contributed by atoms with Gasteiger partial charge < -0.3 is 5.32 Å². The van der Waals surface area contributed by atoms with Crippen LogP contribution in [0.5, 0.6) is 0 Å². The molecule has 0 amide bonds. The third-order valence-electron chi connectivity index (χ3n) is 0.878. The number of hydrogen-bond donors (Lipinski definition) is 1. The van der Waals surface area contributed by atoms with Crippen LogP contribution in [-0.2, 0) is 0 Å². The summed E-state index contributed by atoms with van der Waals surface area (Å²) in [7, 11) is 0. The topological polar surface area (TPSA) is 24.9 Å². The van der Waals surface area contributed by atoms with E-state index in [0.717, 1.165) is 5.13 Å². The van der Waals surface area contributed by atoms with Gasteiger partial charge in [-0.05, 0) is 20.8 Å². The SMILES string of the molecule is [CH2]C(C)(C)Nc1nccs1. The van der Waals surface area contributed by atoms with Crippen LogP contribution < -0.4 is 5.32 Å². The lowest BCUT2D eigenvalue weighted by atomic mass is 10.1. The molecule has 2 nitrogen and oxygen atoms in total. The first kappa shape index (κ1) is 7.54. The van der Waals surface area contributed by atoms with E-state index in [1.54, 1.807) is 17.5 Å². The Morgan fingerprint density at radius 2 is 2.40 bits per heavy atom. The Bertz CT molecular complexity index is 186. The molecule has 0 aromatic carbocycles. The van der Waals surface area contributed by atoms with Crippen LogP contribution in [0.15, 0.2) is 11.6 Å². The molecule has 0 aliphatic heterocycles. The molecule has 1 aromatic heterocycles. The second kappa shape index (κ2) is 2.58. The Morgan fingerprint density at radius 3 is 2.80 bits per heavy atom. The van der Waals surface area contributed by atoms with E-state index in [9.17, 15) is 0 Å². The molecular weight excluding hydrogens is 144 g/mol. The van der Waals surface area contributed by atoms with Crippen molar-refractivity contribution in [2.45, 2.75) is 19.4 Å². The maximum Gasteiger partial charge on any atom is 0.182 e. The van der Waals surface area contributed by atoms with E-state index >= 15 is 0 Å². The highest BCUT2D eigenvalue weighted by atomic mass is 32.1. The molecule has 0 atom stereocenters. The van der Waals surface area contributed by atoms with Crippen molar-refractivity contribution in [1.82, 2.24) is 4.98 Å². The van der Waals surface area contributed by atoms with E-state index in [-0.39, 0.29) is 5.54 Å². The molecule has 1 N–H and O–H groups in total. The molecule has 0 bridgehead atoms. The van der Waals surface area contributed by atoms with Crippen LogP contribution >= 0.6 is 11.3 Å². The van der Waals surface area contributed by atoms with Gasteiger partial charge in [0.1, 0.15) is 0 Å². The Balaban J connectivity index is 2.57. The molecule has 0 saturated heterocycles. The quantitative estimate of drug-likeness (QED) is 0.708. The van der Waals surface area contributed by atoms with Crippen molar-refractivity contribution in [3.63, 3.8) is 0 Å². The highest BCUT2D eigenvalue weighted by molar-refractivity contribution is 7.13. The van der Waals surface area contributed by atoms with E-state index in [1.165, 1.54) is 0 Å². The van der Waals surface area contributed by atoms with E-state index in [0.29, 0.717) is 0 Å². The summed E-state index contributed by atoms with van der Waals surface area (Å²) in [6, 6.07) is 0. The van der Waals surface area contributed by atoms with Crippen molar-refractivity contribution in [2.75, 3.05) is 5.32 Å². The Labute approximate surface area is 65.3 Å². The smallest absolute Gasteiger partial charge is 0.182 e. The molecule has 0 aliphatic carbocycles. The number of hydrogen-bond acceptors (Lipinski definition) is 3. The van der Waals surface area contributed by atoms with Gasteiger partial charge in [0, 0.05) is 17.1 Å². The molecule has 55 valence electrons. The van der Waals surface area contributed by atoms with Gasteiger partial charge in [-0.1, -0.05) is 0 Å². The lowest BCUT2D eigenvalue weighted by molar-refractivity contribution is 0.707. The van der Waals surface area contributed by atoms with Gasteiger partial charge in [-0.3, -0.25) is 0 Å². The lowest BCUT2D eigenvalue weighted by Crippen LogP contribution is -2.26. The van der Waals surface area contributed by atoms with Crippen LogP contribution in [0.25, 0.3) is 0 Å². The largest absolute Gasteiger partial charge is 0.357 e. The highest BCUT2D eigenvalue weighted by Gasteiger charge is 2.09. The number of nitrogens with one attached hydrogen (secondary N) is 1. The number of nitrogens with zero attached hydrogens (tertiary/aromatic N) is 1. The van der Waals surface area contributed by atoms with Gasteiger partial charge in [-0.2, -0.15) is 0 Å². The zero-order chi connectivity index (χ0) is 7.61. The minimum Gasteiger partial charge on any atom is -0.357 e. The molecule has 1 aromatic rings. The fourth-order valence-electron chi connectivity index (χ4n) is 0.575. The van der Waals surface area contributed by atoms with Crippen molar-refractivity contribution < 1.29 is 0 Å². The minimum absolute atomic E-state index is 0.127. The van der Waals surface area contributed by atoms with E-state index in [1.807, 2.05) is 19.2 Å². The maximum atomic E-state index is 4.07. The molecule has 0 fully saturated rings. The van der Waals surface area contributed by atoms with Crippen molar-refractivity contribution in [3.05, 3.63) is 18.5 Å². The molecule has 1 rings (SSSR count). The summed E-state index contributed by atoms with van der Waals surface area (Å²) in [5, 5.41) is 6.03. The second-order valence-corrected chi connectivity index (χ2v) is 3.74. The predicted molar refractivity (Wildman–Crippen MR) is 45.2 cm³/mol. The lowest BCUT2D eigenvalue weighted by Gasteiger charge is -2.18. The van der Waals surface area contributed by atoms with Crippen molar-refractivity contribution >= 4 is 16.5 Å². The molecule has 1 heterocycles. The fraction of sp³-hybridized carbons (Fsp3) is 0.429. The number of anilines is 1. The summed E-state index contributed by atoms with van der Waals surface area (Å²) in [6.07, 6.45) is 1.78. The van der Waals surface area contributed by atoms with E-state index < -0.39 is 0 Å². The van der Waals surface area contributed by atoms with Crippen LogP contribution in [0.2, 0.25) is 0 Å². The van der Waals surface area contributed by atoms with Crippen LogP contribution in [-0.4, -0.2) is 10.5 Å². The maximum absolute atomic E-state index is 4.07. The van der Waals surface area contributed by atoms with Crippen LogP contribution in [0.4, 0.5) is 5.13 Å². The third kappa shape index (κ3) is 2.35. The Morgan fingerprint density at radius 1 is 1.70 bits per heavy atom. The first-order valence-corrected chi connectivity index (χ1v) is 3.99. The molecule has 0 unspecified atom stereocenters. The molecular formula is C7H11N2S. The van der Waals surface area contributed by atoms with Gasteiger partial charge in [0.2, 0.25) is 0 Å². The average molecular weight is 155 g/mol. The summed E-state index contributed by atoms with van der Waals surface area (Å²) in [5.74, 6) is 0. The van der Waals surface area contributed by atoms with Gasteiger partial charge in [-0.25, -0.2) is 4.98 Å². The number of thiazole rings is 1. The average Bonchev–Trinajstić information content (AvgIpc) is 2.12. The van der Waals surface area contributed by atoms with Crippen LogP contribution in [0, 0.1) is 6.92 Å². The molecule has 0 saturated carbocycles. The minimum atomic E-state index is -0.127. The summed E-state index contributed by atoms with van der Waals surface area (Å²) in [5.41, 5.74) is -0.127. The number of aromatic nitrogens is 1.